The lowest BCUT2D eigenvalue weighted by atomic mass is 9.80. The second-order valence-electron chi connectivity index (χ2n) is 5.25. The molecule has 0 spiro atoms. The summed E-state index contributed by atoms with van der Waals surface area (Å²) in [5.74, 6) is -0.261. The van der Waals surface area contributed by atoms with Gasteiger partial charge in [-0.05, 0) is 24.1 Å². The van der Waals surface area contributed by atoms with Crippen molar-refractivity contribution < 1.29 is 9.53 Å². The Morgan fingerprint density at radius 3 is 2.72 bits per heavy atom. The van der Waals surface area contributed by atoms with E-state index in [9.17, 15) is 4.79 Å². The molecule has 0 amide bonds. The molecule has 1 unspecified atom stereocenters. The average Bonchev–Trinajstić information content (AvgIpc) is 2.49. The molecule has 1 atom stereocenters. The quantitative estimate of drug-likeness (QED) is 0.810. The van der Waals surface area contributed by atoms with Gasteiger partial charge < -0.3 is 10.1 Å². The van der Waals surface area contributed by atoms with E-state index in [0.717, 1.165) is 16.9 Å². The summed E-state index contributed by atoms with van der Waals surface area (Å²) in [5.41, 5.74) is 4.09. The summed E-state index contributed by atoms with van der Waals surface area (Å²) in [6, 6.07) is 6.00. The van der Waals surface area contributed by atoms with Gasteiger partial charge in [0, 0.05) is 23.7 Å². The van der Waals surface area contributed by atoms with Gasteiger partial charge in [0.05, 0.1) is 0 Å². The van der Waals surface area contributed by atoms with E-state index in [-0.39, 0.29) is 17.5 Å². The summed E-state index contributed by atoms with van der Waals surface area (Å²) in [7, 11) is 0. The number of benzene rings is 1. The van der Waals surface area contributed by atoms with Crippen molar-refractivity contribution in [1.82, 2.24) is 0 Å². The largest absolute Gasteiger partial charge is 0.458 e. The molecule has 0 radical (unpaired) electrons. The van der Waals surface area contributed by atoms with Gasteiger partial charge in [0.15, 0.2) is 0 Å². The third kappa shape index (κ3) is 1.90. The molecular formula is C15H19NO2. The fourth-order valence-electron chi connectivity index (χ4n) is 2.49. The van der Waals surface area contributed by atoms with E-state index in [4.69, 9.17) is 4.74 Å². The summed E-state index contributed by atoms with van der Waals surface area (Å²) in [6.07, 6.45) is -0.246. The first-order valence-corrected chi connectivity index (χ1v) is 6.11. The van der Waals surface area contributed by atoms with Crippen LogP contribution in [0.25, 0.3) is 0 Å². The fourth-order valence-corrected chi connectivity index (χ4v) is 2.49. The van der Waals surface area contributed by atoms with Crippen LogP contribution in [-0.2, 0) is 14.9 Å². The fraction of sp³-hybridized carbons (Fsp3) is 0.400. The molecule has 3 heteroatoms. The summed E-state index contributed by atoms with van der Waals surface area (Å²) in [4.78, 5) is 11.1. The highest BCUT2D eigenvalue weighted by Gasteiger charge is 2.36. The molecule has 0 saturated carbocycles. The number of hydrogen-bond donors (Lipinski definition) is 1. The van der Waals surface area contributed by atoms with Gasteiger partial charge in [-0.2, -0.15) is 0 Å². The molecule has 18 heavy (non-hydrogen) atoms. The van der Waals surface area contributed by atoms with E-state index in [1.165, 1.54) is 12.5 Å². The van der Waals surface area contributed by atoms with E-state index in [1.54, 1.807) is 0 Å². The van der Waals surface area contributed by atoms with Crippen LogP contribution < -0.4 is 5.32 Å². The second-order valence-corrected chi connectivity index (χ2v) is 5.25. The molecule has 1 aliphatic rings. The van der Waals surface area contributed by atoms with Crippen LogP contribution in [0.2, 0.25) is 0 Å². The van der Waals surface area contributed by atoms with Crippen molar-refractivity contribution in [2.24, 2.45) is 0 Å². The summed E-state index contributed by atoms with van der Waals surface area (Å²) < 4.78 is 5.29. The van der Waals surface area contributed by atoms with Crippen LogP contribution in [0.5, 0.6) is 0 Å². The average molecular weight is 245 g/mol. The third-order valence-electron chi connectivity index (χ3n) is 3.54. The Bertz CT molecular complexity index is 517. The number of carbonyl (C=O) groups is 1. The van der Waals surface area contributed by atoms with Gasteiger partial charge >= 0.3 is 5.97 Å². The van der Waals surface area contributed by atoms with Crippen LogP contribution in [0.4, 0.5) is 5.69 Å². The minimum atomic E-state index is -0.261. The topological polar surface area (TPSA) is 38.3 Å². The molecule has 3 nitrogen and oxygen atoms in total. The van der Waals surface area contributed by atoms with E-state index in [0.29, 0.717) is 0 Å². The van der Waals surface area contributed by atoms with Crippen molar-refractivity contribution in [2.45, 2.75) is 39.2 Å². The van der Waals surface area contributed by atoms with Crippen molar-refractivity contribution in [3.63, 3.8) is 0 Å². The Morgan fingerprint density at radius 2 is 2.11 bits per heavy atom. The van der Waals surface area contributed by atoms with Gasteiger partial charge in [0.25, 0.3) is 0 Å². The highest BCUT2D eigenvalue weighted by Crippen LogP contribution is 2.46. The van der Waals surface area contributed by atoms with Crippen molar-refractivity contribution in [3.8, 4) is 0 Å². The van der Waals surface area contributed by atoms with Crippen LogP contribution in [-0.4, -0.2) is 5.97 Å². The minimum absolute atomic E-state index is 0.152. The molecule has 0 bridgehead atoms. The first-order chi connectivity index (χ1) is 8.34. The second kappa shape index (κ2) is 4.16. The van der Waals surface area contributed by atoms with Crippen molar-refractivity contribution >= 4 is 11.7 Å². The lowest BCUT2D eigenvalue weighted by Gasteiger charge is -2.24. The smallest absolute Gasteiger partial charge is 0.303 e. The third-order valence-corrected chi connectivity index (χ3v) is 3.54. The molecular weight excluding hydrogens is 226 g/mol. The molecule has 0 fully saturated rings. The van der Waals surface area contributed by atoms with Gasteiger partial charge in [-0.3, -0.25) is 4.79 Å². The number of hydrogen-bond acceptors (Lipinski definition) is 3. The van der Waals surface area contributed by atoms with Gasteiger partial charge in [-0.15, -0.1) is 0 Å². The number of anilines is 1. The first-order valence-electron chi connectivity index (χ1n) is 6.11. The monoisotopic (exact) mass is 245 g/mol. The van der Waals surface area contributed by atoms with E-state index < -0.39 is 0 Å². The van der Waals surface area contributed by atoms with Gasteiger partial charge in [0.2, 0.25) is 0 Å². The number of rotatable bonds is 2. The number of carbonyl (C=O) groups excluding carboxylic acids is 1. The predicted octanol–water partition coefficient (Wildman–Crippen LogP) is 3.53. The van der Waals surface area contributed by atoms with Crippen LogP contribution in [0, 0.1) is 0 Å². The van der Waals surface area contributed by atoms with Gasteiger partial charge in [0.1, 0.15) is 6.10 Å². The van der Waals surface area contributed by atoms with Gasteiger partial charge in [-0.1, -0.05) is 32.6 Å². The molecule has 1 aliphatic heterocycles. The van der Waals surface area contributed by atoms with Crippen molar-refractivity contribution in [2.75, 3.05) is 5.32 Å². The molecule has 0 aromatic heterocycles. The molecule has 0 aliphatic carbocycles. The molecule has 2 rings (SSSR count). The van der Waals surface area contributed by atoms with Crippen LogP contribution in [0.15, 0.2) is 30.5 Å². The van der Waals surface area contributed by atoms with Crippen molar-refractivity contribution in [1.29, 1.82) is 0 Å². The Kier molecular flexibility index (Phi) is 2.93. The number of nitrogens with one attached hydrogen (secondary N) is 1. The number of esters is 1. The minimum Gasteiger partial charge on any atom is -0.458 e. The first kappa shape index (κ1) is 12.7. The highest BCUT2D eigenvalue weighted by molar-refractivity contribution is 5.71. The standard InChI is InChI=1S/C15H19NO2/c1-9(18-11(3)17)12-7-6-8-13-14(12)15(4,5)10(2)16-13/h6-9,16H,2H2,1,3-5H3. The maximum atomic E-state index is 11.1. The molecule has 1 N–H and O–H groups in total. The highest BCUT2D eigenvalue weighted by atomic mass is 16.5. The molecule has 96 valence electrons. The Morgan fingerprint density at radius 1 is 1.44 bits per heavy atom. The summed E-state index contributed by atoms with van der Waals surface area (Å²) in [6.45, 7) is 11.6. The SMILES string of the molecule is C=C1Nc2cccc(C(C)OC(C)=O)c2C1(C)C. The normalized spacial score (nSPS) is 17.9. The maximum absolute atomic E-state index is 11.1. The van der Waals surface area contributed by atoms with Crippen LogP contribution >= 0.6 is 0 Å². The van der Waals surface area contributed by atoms with Crippen molar-refractivity contribution in [3.05, 3.63) is 41.6 Å². The zero-order chi connectivity index (χ0) is 13.5. The molecule has 0 saturated heterocycles. The van der Waals surface area contributed by atoms with E-state index in [2.05, 4.69) is 25.7 Å². The summed E-state index contributed by atoms with van der Waals surface area (Å²) in [5, 5.41) is 3.30. The number of allylic oxidation sites excluding steroid dienone is 1. The van der Waals surface area contributed by atoms with Crippen LogP contribution in [0.1, 0.15) is 44.9 Å². The van der Waals surface area contributed by atoms with Gasteiger partial charge in [-0.25, -0.2) is 0 Å². The number of ether oxygens (including phenoxy) is 1. The zero-order valence-electron chi connectivity index (χ0n) is 11.3. The number of fused-ring (bicyclic) bond motifs is 1. The van der Waals surface area contributed by atoms with E-state index >= 15 is 0 Å². The lowest BCUT2D eigenvalue weighted by Crippen LogP contribution is -2.19. The predicted molar refractivity (Wildman–Crippen MR) is 72.4 cm³/mol. The van der Waals surface area contributed by atoms with E-state index in [1.807, 2.05) is 25.1 Å². The Hall–Kier alpha value is -1.77. The lowest BCUT2D eigenvalue weighted by molar-refractivity contribution is -0.145. The molecule has 1 aromatic carbocycles. The Labute approximate surface area is 108 Å². The zero-order valence-corrected chi connectivity index (χ0v) is 11.3. The van der Waals surface area contributed by atoms with Crippen LogP contribution in [0.3, 0.4) is 0 Å². The maximum Gasteiger partial charge on any atom is 0.303 e. The molecule has 1 heterocycles. The summed E-state index contributed by atoms with van der Waals surface area (Å²) >= 11 is 0. The molecule has 1 aromatic rings. The Balaban J connectivity index is 2.50.